The molecule has 0 saturated heterocycles. The number of halogens is 1. The lowest BCUT2D eigenvalue weighted by Crippen LogP contribution is -2.24. The van der Waals surface area contributed by atoms with Gasteiger partial charge in [-0.3, -0.25) is 4.79 Å². The van der Waals surface area contributed by atoms with Gasteiger partial charge in [0.25, 0.3) is 5.91 Å². The number of nitrogens with one attached hydrogen (secondary N) is 2. The Morgan fingerprint density at radius 3 is 2.83 bits per heavy atom. The molecule has 2 N–H and O–H groups in total. The van der Waals surface area contributed by atoms with Gasteiger partial charge in [-0.1, -0.05) is 30.3 Å². The first-order chi connectivity index (χ1) is 11.6. The number of H-pyrrole nitrogens is 1. The molecule has 0 aliphatic rings. The van der Waals surface area contributed by atoms with Crippen LogP contribution >= 0.6 is 0 Å². The summed E-state index contributed by atoms with van der Waals surface area (Å²) >= 11 is 0. The number of carbonyl (C=O) groups excluding carboxylic acids is 1. The third kappa shape index (κ3) is 3.43. The van der Waals surface area contributed by atoms with E-state index in [2.05, 4.69) is 15.5 Å². The predicted molar refractivity (Wildman–Crippen MR) is 90.7 cm³/mol. The molecule has 0 atom stereocenters. The molecular formula is C18H16FN3O2. The number of hydrogen-bond acceptors (Lipinski definition) is 3. The molecule has 1 aromatic heterocycles. The van der Waals surface area contributed by atoms with Crippen LogP contribution in [0, 0.1) is 12.7 Å². The summed E-state index contributed by atoms with van der Waals surface area (Å²) in [7, 11) is 0. The van der Waals surface area contributed by atoms with E-state index in [1.807, 2.05) is 31.2 Å². The zero-order chi connectivity index (χ0) is 16.9. The fourth-order valence-electron chi connectivity index (χ4n) is 2.37. The number of aromatic amines is 1. The molecule has 5 nitrogen and oxygen atoms in total. The van der Waals surface area contributed by atoms with E-state index in [-0.39, 0.29) is 12.4 Å². The number of aromatic nitrogens is 1. The van der Waals surface area contributed by atoms with Crippen molar-refractivity contribution < 1.29 is 13.9 Å². The maximum Gasteiger partial charge on any atom is 0.277 e. The predicted octanol–water partition coefficient (Wildman–Crippen LogP) is 3.14. The molecule has 0 fully saturated rings. The highest BCUT2D eigenvalue weighted by atomic mass is 19.1. The van der Waals surface area contributed by atoms with E-state index < -0.39 is 11.7 Å². The third-order valence-electron chi connectivity index (χ3n) is 3.52. The fourth-order valence-corrected chi connectivity index (χ4v) is 2.37. The van der Waals surface area contributed by atoms with Gasteiger partial charge < -0.3 is 9.72 Å². The van der Waals surface area contributed by atoms with Gasteiger partial charge in [0, 0.05) is 22.2 Å². The van der Waals surface area contributed by atoms with Crippen LogP contribution in [0.3, 0.4) is 0 Å². The van der Waals surface area contributed by atoms with E-state index in [0.29, 0.717) is 0 Å². The van der Waals surface area contributed by atoms with Crippen LogP contribution in [0.4, 0.5) is 4.39 Å². The van der Waals surface area contributed by atoms with E-state index in [4.69, 9.17) is 4.74 Å². The van der Waals surface area contributed by atoms with Crippen molar-refractivity contribution >= 4 is 23.0 Å². The van der Waals surface area contributed by atoms with Crippen LogP contribution in [0.1, 0.15) is 11.3 Å². The second kappa shape index (κ2) is 6.95. The van der Waals surface area contributed by atoms with Crippen LogP contribution < -0.4 is 10.2 Å². The first-order valence-electron chi connectivity index (χ1n) is 7.41. The molecule has 1 amide bonds. The molecule has 0 aliphatic heterocycles. The maximum absolute atomic E-state index is 13.4. The monoisotopic (exact) mass is 325 g/mol. The fraction of sp³-hybridized carbons (Fsp3) is 0.111. The average molecular weight is 325 g/mol. The number of benzene rings is 2. The molecular weight excluding hydrogens is 309 g/mol. The second-order valence-corrected chi connectivity index (χ2v) is 5.22. The summed E-state index contributed by atoms with van der Waals surface area (Å²) in [5, 5.41) is 4.96. The highest BCUT2D eigenvalue weighted by molar-refractivity contribution is 6.00. The topological polar surface area (TPSA) is 66.5 Å². The Balaban J connectivity index is 1.60. The second-order valence-electron chi connectivity index (χ2n) is 5.22. The van der Waals surface area contributed by atoms with E-state index in [1.54, 1.807) is 18.3 Å². The lowest BCUT2D eigenvalue weighted by Gasteiger charge is -2.05. The molecule has 0 unspecified atom stereocenters. The van der Waals surface area contributed by atoms with Gasteiger partial charge >= 0.3 is 0 Å². The molecule has 2 aromatic carbocycles. The molecule has 6 heteroatoms. The van der Waals surface area contributed by atoms with Crippen molar-refractivity contribution in [1.29, 1.82) is 0 Å². The number of aryl methyl sites for hydroxylation is 1. The molecule has 0 radical (unpaired) electrons. The first-order valence-corrected chi connectivity index (χ1v) is 7.41. The van der Waals surface area contributed by atoms with Gasteiger partial charge in [-0.25, -0.2) is 9.82 Å². The van der Waals surface area contributed by atoms with Gasteiger partial charge in [-0.05, 0) is 25.1 Å². The largest absolute Gasteiger partial charge is 0.481 e. The number of hydrazone groups is 1. The van der Waals surface area contributed by atoms with Gasteiger partial charge in [0.05, 0.1) is 6.21 Å². The number of carbonyl (C=O) groups is 1. The van der Waals surface area contributed by atoms with E-state index in [0.717, 1.165) is 22.2 Å². The van der Waals surface area contributed by atoms with Crippen LogP contribution in [0.5, 0.6) is 5.75 Å². The summed E-state index contributed by atoms with van der Waals surface area (Å²) in [6.07, 6.45) is 1.58. The number of rotatable bonds is 5. The van der Waals surface area contributed by atoms with Gasteiger partial charge in [0.2, 0.25) is 0 Å². The van der Waals surface area contributed by atoms with Gasteiger partial charge in [0.15, 0.2) is 18.2 Å². The number of nitrogens with zero attached hydrogens (tertiary/aromatic N) is 1. The van der Waals surface area contributed by atoms with Crippen LogP contribution in [0.15, 0.2) is 53.6 Å². The molecule has 122 valence electrons. The van der Waals surface area contributed by atoms with Crippen molar-refractivity contribution in [3.05, 3.63) is 65.6 Å². The Labute approximate surface area is 138 Å². The van der Waals surface area contributed by atoms with Gasteiger partial charge in [-0.2, -0.15) is 5.10 Å². The maximum atomic E-state index is 13.4. The quantitative estimate of drug-likeness (QED) is 0.559. The van der Waals surface area contributed by atoms with Crippen LogP contribution in [0.2, 0.25) is 0 Å². The highest BCUT2D eigenvalue weighted by Gasteiger charge is 2.07. The highest BCUT2D eigenvalue weighted by Crippen LogP contribution is 2.19. The minimum atomic E-state index is -0.511. The van der Waals surface area contributed by atoms with E-state index in [9.17, 15) is 9.18 Å². The normalized spacial score (nSPS) is 11.1. The summed E-state index contributed by atoms with van der Waals surface area (Å²) in [6, 6.07) is 13.7. The van der Waals surface area contributed by atoms with Crippen LogP contribution in [-0.4, -0.2) is 23.7 Å². The summed E-state index contributed by atoms with van der Waals surface area (Å²) in [5.41, 5.74) is 5.24. The summed E-state index contributed by atoms with van der Waals surface area (Å²) in [5.74, 6) is -0.945. The molecule has 0 bridgehead atoms. The van der Waals surface area contributed by atoms with E-state index >= 15 is 0 Å². The summed E-state index contributed by atoms with van der Waals surface area (Å²) < 4.78 is 18.5. The molecule has 24 heavy (non-hydrogen) atoms. The SMILES string of the molecule is Cc1[nH]c2ccccc2c1C=NNC(=O)COc1ccccc1F. The summed E-state index contributed by atoms with van der Waals surface area (Å²) in [4.78, 5) is 15.0. The smallest absolute Gasteiger partial charge is 0.277 e. The van der Waals surface area contributed by atoms with Gasteiger partial charge in [0.1, 0.15) is 0 Å². The van der Waals surface area contributed by atoms with Crippen molar-refractivity contribution in [3.8, 4) is 5.75 Å². The van der Waals surface area contributed by atoms with Crippen molar-refractivity contribution in [1.82, 2.24) is 10.4 Å². The van der Waals surface area contributed by atoms with Gasteiger partial charge in [-0.15, -0.1) is 0 Å². The van der Waals surface area contributed by atoms with E-state index in [1.165, 1.54) is 12.1 Å². The molecule has 0 saturated carbocycles. The molecule has 0 spiro atoms. The van der Waals surface area contributed by atoms with Crippen molar-refractivity contribution in [2.45, 2.75) is 6.92 Å². The lowest BCUT2D eigenvalue weighted by molar-refractivity contribution is -0.123. The van der Waals surface area contributed by atoms with Crippen molar-refractivity contribution in [2.24, 2.45) is 5.10 Å². The van der Waals surface area contributed by atoms with Crippen LogP contribution in [-0.2, 0) is 4.79 Å². The first kappa shape index (κ1) is 15.7. The molecule has 0 aliphatic carbocycles. The van der Waals surface area contributed by atoms with Crippen molar-refractivity contribution in [3.63, 3.8) is 0 Å². The standard InChI is InChI=1S/C18H16FN3O2/c1-12-14(13-6-2-4-8-16(13)21-12)10-20-22-18(23)11-24-17-9-5-3-7-15(17)19/h2-10,21H,11H2,1H3,(H,22,23). The van der Waals surface area contributed by atoms with Crippen LogP contribution in [0.25, 0.3) is 10.9 Å². The third-order valence-corrected chi connectivity index (χ3v) is 3.52. The minimum Gasteiger partial charge on any atom is -0.481 e. The number of amides is 1. The average Bonchev–Trinajstić information content (AvgIpc) is 2.90. The zero-order valence-corrected chi connectivity index (χ0v) is 13.0. The molecule has 1 heterocycles. The Hall–Kier alpha value is -3.15. The Kier molecular flexibility index (Phi) is 4.56. The number of para-hydroxylation sites is 2. The van der Waals surface area contributed by atoms with Crippen molar-refractivity contribution in [2.75, 3.05) is 6.61 Å². The Morgan fingerprint density at radius 1 is 1.25 bits per heavy atom. The Bertz CT molecular complexity index is 902. The molecule has 3 rings (SSSR count). The number of fused-ring (bicyclic) bond motifs is 1. The minimum absolute atomic E-state index is 0.0316. The number of ether oxygens (including phenoxy) is 1. The zero-order valence-electron chi connectivity index (χ0n) is 13.0. The Morgan fingerprint density at radius 2 is 2.00 bits per heavy atom. The summed E-state index contributed by atoms with van der Waals surface area (Å²) in [6.45, 7) is 1.62. The number of hydrogen-bond donors (Lipinski definition) is 2. The molecule has 3 aromatic rings. The lowest BCUT2D eigenvalue weighted by atomic mass is 10.1.